The summed E-state index contributed by atoms with van der Waals surface area (Å²) in [7, 11) is -1.42. The minimum Gasteiger partial charge on any atom is -0.300 e. The summed E-state index contributed by atoms with van der Waals surface area (Å²) in [5, 5.41) is 0.541. The Balaban J connectivity index is 2.43. The van der Waals surface area contributed by atoms with Crippen molar-refractivity contribution in [1.82, 2.24) is 13.9 Å². The van der Waals surface area contributed by atoms with Crippen LogP contribution >= 0.6 is 11.6 Å². The van der Waals surface area contributed by atoms with Crippen molar-refractivity contribution in [3.8, 4) is 0 Å². The average Bonchev–Trinajstić information content (AvgIpc) is 2.50. The van der Waals surface area contributed by atoms with E-state index in [4.69, 9.17) is 11.6 Å². The number of hydrogen-bond donors (Lipinski definition) is 1. The average molecular weight is 358 g/mol. The van der Waals surface area contributed by atoms with Crippen molar-refractivity contribution in [1.29, 1.82) is 0 Å². The number of benzene rings is 1. The van der Waals surface area contributed by atoms with E-state index < -0.39 is 26.2 Å². The van der Waals surface area contributed by atoms with Gasteiger partial charge in [0.2, 0.25) is 10.0 Å². The molecule has 0 fully saturated rings. The molecule has 124 valence electrons. The lowest BCUT2D eigenvalue weighted by atomic mass is 10.2. The molecule has 0 radical (unpaired) electrons. The summed E-state index contributed by atoms with van der Waals surface area (Å²) in [6.07, 6.45) is 0. The predicted octanol–water partition coefficient (Wildman–Crippen LogP) is 0.524. The van der Waals surface area contributed by atoms with Crippen molar-refractivity contribution in [2.24, 2.45) is 14.1 Å². The van der Waals surface area contributed by atoms with Crippen LogP contribution in [-0.4, -0.2) is 17.6 Å². The molecule has 1 aromatic carbocycles. The quantitative estimate of drug-likeness (QED) is 0.864. The van der Waals surface area contributed by atoms with Gasteiger partial charge in [0.05, 0.1) is 0 Å². The molecule has 1 N–H and O–H groups in total. The second kappa shape index (κ2) is 6.31. The maximum atomic E-state index is 12.5. The Morgan fingerprint density at radius 2 is 1.65 bits per heavy atom. The van der Waals surface area contributed by atoms with E-state index >= 15 is 0 Å². The molecule has 0 spiro atoms. The highest BCUT2D eigenvalue weighted by molar-refractivity contribution is 7.89. The van der Waals surface area contributed by atoms with E-state index in [0.29, 0.717) is 10.6 Å². The van der Waals surface area contributed by atoms with Gasteiger partial charge in [-0.15, -0.1) is 0 Å². The maximum absolute atomic E-state index is 12.5. The predicted molar refractivity (Wildman–Crippen MR) is 87.1 cm³/mol. The summed E-state index contributed by atoms with van der Waals surface area (Å²) >= 11 is 5.77. The highest BCUT2D eigenvalue weighted by Gasteiger charge is 2.24. The van der Waals surface area contributed by atoms with Crippen LogP contribution in [0.4, 0.5) is 0 Å². The second-order valence-electron chi connectivity index (χ2n) is 5.07. The Bertz CT molecular complexity index is 959. The van der Waals surface area contributed by atoms with Crippen LogP contribution in [-0.2, 0) is 30.7 Å². The molecule has 0 amide bonds. The van der Waals surface area contributed by atoms with Gasteiger partial charge in [-0.05, 0) is 24.6 Å². The van der Waals surface area contributed by atoms with Crippen LogP contribution in [0.15, 0.2) is 38.8 Å². The van der Waals surface area contributed by atoms with Crippen LogP contribution in [0.25, 0.3) is 0 Å². The monoisotopic (exact) mass is 357 g/mol. The van der Waals surface area contributed by atoms with Gasteiger partial charge >= 0.3 is 5.69 Å². The number of sulfonamides is 1. The molecular weight excluding hydrogens is 342 g/mol. The Hall–Kier alpha value is -1.90. The van der Waals surface area contributed by atoms with Crippen molar-refractivity contribution in [3.63, 3.8) is 0 Å². The fourth-order valence-electron chi connectivity index (χ4n) is 2.08. The van der Waals surface area contributed by atoms with Crippen LogP contribution < -0.4 is 16.0 Å². The topological polar surface area (TPSA) is 90.2 Å². The van der Waals surface area contributed by atoms with Crippen LogP contribution in [0, 0.1) is 6.92 Å². The first kappa shape index (κ1) is 17.5. The molecule has 9 heteroatoms. The van der Waals surface area contributed by atoms with Crippen molar-refractivity contribution in [3.05, 3.63) is 61.4 Å². The molecule has 0 saturated carbocycles. The van der Waals surface area contributed by atoms with Gasteiger partial charge in [-0.25, -0.2) is 17.9 Å². The Morgan fingerprint density at radius 1 is 1.09 bits per heavy atom. The molecule has 0 aliphatic carbocycles. The Labute approximate surface area is 138 Å². The highest BCUT2D eigenvalue weighted by atomic mass is 35.5. The fraction of sp³-hybridized carbons (Fsp3) is 0.286. The summed E-state index contributed by atoms with van der Waals surface area (Å²) in [5.41, 5.74) is -0.655. The maximum Gasteiger partial charge on any atom is 0.330 e. The van der Waals surface area contributed by atoms with Crippen molar-refractivity contribution in [2.45, 2.75) is 18.4 Å². The molecule has 2 aromatic rings. The SMILES string of the molecule is Cc1c(S(=O)(=O)NCc2ccc(Cl)cc2)c(=O)n(C)c(=O)n1C. The van der Waals surface area contributed by atoms with Crippen LogP contribution in [0.3, 0.4) is 0 Å². The fourth-order valence-corrected chi connectivity index (χ4v) is 3.60. The zero-order valence-corrected chi connectivity index (χ0v) is 14.4. The number of aromatic nitrogens is 2. The van der Waals surface area contributed by atoms with Crippen LogP contribution in [0.2, 0.25) is 5.02 Å². The van der Waals surface area contributed by atoms with Gasteiger partial charge in [0.25, 0.3) is 5.56 Å². The van der Waals surface area contributed by atoms with Crippen molar-refractivity contribution in [2.75, 3.05) is 0 Å². The largest absolute Gasteiger partial charge is 0.330 e. The van der Waals surface area contributed by atoms with Gasteiger partial charge in [0.15, 0.2) is 4.90 Å². The third-order valence-electron chi connectivity index (χ3n) is 3.55. The Morgan fingerprint density at radius 3 is 2.22 bits per heavy atom. The number of halogens is 1. The molecule has 1 aromatic heterocycles. The third kappa shape index (κ3) is 3.39. The van der Waals surface area contributed by atoms with Crippen molar-refractivity contribution >= 4 is 21.6 Å². The Kier molecular flexibility index (Phi) is 4.79. The molecule has 23 heavy (non-hydrogen) atoms. The van der Waals surface area contributed by atoms with Crippen molar-refractivity contribution < 1.29 is 8.42 Å². The minimum atomic E-state index is -4.07. The standard InChI is InChI=1S/C14H16ClN3O4S/c1-9-12(13(19)18(3)14(20)17(9)2)23(21,22)16-8-10-4-6-11(15)7-5-10/h4-7,16H,8H2,1-3H3. The summed E-state index contributed by atoms with van der Waals surface area (Å²) in [4.78, 5) is 23.5. The molecule has 0 unspecified atom stereocenters. The van der Waals surface area contributed by atoms with Gasteiger partial charge in [0.1, 0.15) is 0 Å². The van der Waals surface area contributed by atoms with E-state index in [-0.39, 0.29) is 12.2 Å². The first-order valence-corrected chi connectivity index (χ1v) is 8.52. The van der Waals surface area contributed by atoms with Gasteiger partial charge in [-0.3, -0.25) is 13.9 Å². The number of nitrogens with one attached hydrogen (secondary N) is 1. The summed E-state index contributed by atoms with van der Waals surface area (Å²) < 4.78 is 29.2. The van der Waals surface area contributed by atoms with Gasteiger partial charge < -0.3 is 0 Å². The molecule has 2 rings (SSSR count). The lowest BCUT2D eigenvalue weighted by molar-refractivity contribution is 0.566. The van der Waals surface area contributed by atoms with Crippen LogP contribution in [0.1, 0.15) is 11.3 Å². The molecule has 0 aliphatic rings. The summed E-state index contributed by atoms with van der Waals surface area (Å²) in [6, 6.07) is 6.64. The van der Waals surface area contributed by atoms with E-state index in [0.717, 1.165) is 9.13 Å². The van der Waals surface area contributed by atoms with E-state index in [9.17, 15) is 18.0 Å². The molecule has 0 bridgehead atoms. The van der Waals surface area contributed by atoms with Gasteiger partial charge in [-0.2, -0.15) is 0 Å². The molecule has 0 saturated heterocycles. The highest BCUT2D eigenvalue weighted by Crippen LogP contribution is 2.11. The summed E-state index contributed by atoms with van der Waals surface area (Å²) in [5.74, 6) is 0. The third-order valence-corrected chi connectivity index (χ3v) is 5.34. The molecule has 0 aliphatic heterocycles. The minimum absolute atomic E-state index is 0.00490. The zero-order valence-electron chi connectivity index (χ0n) is 12.8. The summed E-state index contributed by atoms with van der Waals surface area (Å²) in [6.45, 7) is 1.42. The van der Waals surface area contributed by atoms with Gasteiger partial charge in [0, 0.05) is 31.4 Å². The van der Waals surface area contributed by atoms with E-state index in [1.54, 1.807) is 24.3 Å². The molecule has 7 nitrogen and oxygen atoms in total. The molecular formula is C14H16ClN3O4S. The van der Waals surface area contributed by atoms with E-state index in [1.165, 1.54) is 21.0 Å². The number of hydrogen-bond acceptors (Lipinski definition) is 4. The van der Waals surface area contributed by atoms with Gasteiger partial charge in [-0.1, -0.05) is 23.7 Å². The van der Waals surface area contributed by atoms with E-state index in [2.05, 4.69) is 4.72 Å². The lowest BCUT2D eigenvalue weighted by Gasteiger charge is -2.13. The lowest BCUT2D eigenvalue weighted by Crippen LogP contribution is -2.43. The number of rotatable bonds is 4. The second-order valence-corrected chi connectivity index (χ2v) is 7.21. The first-order chi connectivity index (χ1) is 10.6. The smallest absolute Gasteiger partial charge is 0.300 e. The zero-order chi connectivity index (χ0) is 17.4. The molecule has 1 heterocycles. The number of nitrogens with zero attached hydrogens (tertiary/aromatic N) is 2. The molecule has 0 atom stereocenters. The van der Waals surface area contributed by atoms with Crippen LogP contribution in [0.5, 0.6) is 0 Å². The normalized spacial score (nSPS) is 11.7. The first-order valence-electron chi connectivity index (χ1n) is 6.66. The van der Waals surface area contributed by atoms with E-state index in [1.807, 2.05) is 0 Å².